The molecule has 1 saturated carbocycles. The second-order valence-electron chi connectivity index (χ2n) is 3.93. The summed E-state index contributed by atoms with van der Waals surface area (Å²) in [7, 11) is 0. The average molecular weight is 191 g/mol. The van der Waals surface area contributed by atoms with Crippen molar-refractivity contribution >= 4 is 5.82 Å². The van der Waals surface area contributed by atoms with E-state index in [0.717, 1.165) is 5.82 Å². The first kappa shape index (κ1) is 9.44. The van der Waals surface area contributed by atoms with Gasteiger partial charge in [0.2, 0.25) is 0 Å². The number of hydrogen-bond donors (Lipinski definition) is 1. The fraction of sp³-hybridized carbons (Fsp3) is 0.636. The van der Waals surface area contributed by atoms with Crippen molar-refractivity contribution in [1.82, 2.24) is 9.97 Å². The second-order valence-corrected chi connectivity index (χ2v) is 3.93. The Morgan fingerprint density at radius 3 is 2.57 bits per heavy atom. The molecule has 0 saturated heterocycles. The van der Waals surface area contributed by atoms with Crippen molar-refractivity contribution in [2.45, 2.75) is 44.6 Å². The van der Waals surface area contributed by atoms with Crippen molar-refractivity contribution in [2.24, 2.45) is 0 Å². The van der Waals surface area contributed by atoms with Gasteiger partial charge >= 0.3 is 0 Å². The molecule has 1 aliphatic carbocycles. The molecule has 0 spiro atoms. The topological polar surface area (TPSA) is 37.8 Å². The van der Waals surface area contributed by atoms with Crippen LogP contribution in [0.15, 0.2) is 18.6 Å². The zero-order chi connectivity index (χ0) is 9.64. The van der Waals surface area contributed by atoms with Crippen LogP contribution in [0.2, 0.25) is 0 Å². The molecular weight excluding hydrogens is 174 g/mol. The molecule has 0 atom stereocenters. The van der Waals surface area contributed by atoms with Gasteiger partial charge in [0.15, 0.2) is 0 Å². The molecule has 76 valence electrons. The maximum Gasteiger partial charge on any atom is 0.129 e. The molecule has 1 heterocycles. The molecule has 2 rings (SSSR count). The quantitative estimate of drug-likeness (QED) is 0.730. The van der Waals surface area contributed by atoms with E-state index in [2.05, 4.69) is 15.3 Å². The first-order valence-corrected chi connectivity index (χ1v) is 5.48. The van der Waals surface area contributed by atoms with E-state index < -0.39 is 0 Å². The first-order valence-electron chi connectivity index (χ1n) is 5.48. The largest absolute Gasteiger partial charge is 0.367 e. The number of aromatic nitrogens is 2. The number of hydrogen-bond acceptors (Lipinski definition) is 3. The van der Waals surface area contributed by atoms with Crippen LogP contribution in [0.1, 0.15) is 38.5 Å². The summed E-state index contributed by atoms with van der Waals surface area (Å²) in [5.74, 6) is 0.965. The van der Waals surface area contributed by atoms with Crippen molar-refractivity contribution in [2.75, 3.05) is 5.32 Å². The highest BCUT2D eigenvalue weighted by atomic mass is 15.0. The molecule has 1 aromatic heterocycles. The molecule has 0 bridgehead atoms. The Bertz CT molecular complexity index is 252. The van der Waals surface area contributed by atoms with Crippen molar-refractivity contribution < 1.29 is 0 Å². The molecule has 0 radical (unpaired) electrons. The van der Waals surface area contributed by atoms with Crippen LogP contribution >= 0.6 is 0 Å². The summed E-state index contributed by atoms with van der Waals surface area (Å²) in [6.45, 7) is 0. The summed E-state index contributed by atoms with van der Waals surface area (Å²) in [6.07, 6.45) is 11.4. The molecule has 1 aromatic rings. The maximum absolute atomic E-state index is 4.18. The fourth-order valence-corrected chi connectivity index (χ4v) is 2.01. The zero-order valence-corrected chi connectivity index (χ0v) is 8.45. The van der Waals surface area contributed by atoms with Gasteiger partial charge in [0.1, 0.15) is 12.1 Å². The third kappa shape index (κ3) is 2.69. The molecule has 0 unspecified atom stereocenters. The first-order chi connectivity index (χ1) is 6.95. The van der Waals surface area contributed by atoms with E-state index in [0.29, 0.717) is 6.04 Å². The standard InChI is InChI=1S/C11H17N3/c1-2-4-6-10(5-3-1)14-11-7-8-12-9-13-11/h7-10H,1-6H2,(H,12,13,14). The van der Waals surface area contributed by atoms with Crippen molar-refractivity contribution in [3.63, 3.8) is 0 Å². The van der Waals surface area contributed by atoms with Gasteiger partial charge in [-0.1, -0.05) is 25.7 Å². The van der Waals surface area contributed by atoms with Crippen LogP contribution in [-0.4, -0.2) is 16.0 Å². The normalized spacial score (nSPS) is 18.9. The highest BCUT2D eigenvalue weighted by Crippen LogP contribution is 2.19. The highest BCUT2D eigenvalue weighted by molar-refractivity contribution is 5.32. The molecule has 0 aromatic carbocycles. The van der Waals surface area contributed by atoms with Crippen LogP contribution < -0.4 is 5.32 Å². The molecular formula is C11H17N3. The summed E-state index contributed by atoms with van der Waals surface area (Å²) < 4.78 is 0. The lowest BCUT2D eigenvalue weighted by Gasteiger charge is -2.16. The van der Waals surface area contributed by atoms with Crippen LogP contribution in [-0.2, 0) is 0 Å². The monoisotopic (exact) mass is 191 g/mol. The van der Waals surface area contributed by atoms with E-state index in [1.165, 1.54) is 38.5 Å². The molecule has 3 nitrogen and oxygen atoms in total. The smallest absolute Gasteiger partial charge is 0.129 e. The lowest BCUT2D eigenvalue weighted by Crippen LogP contribution is -2.18. The number of nitrogens with one attached hydrogen (secondary N) is 1. The van der Waals surface area contributed by atoms with Gasteiger partial charge in [-0.25, -0.2) is 9.97 Å². The molecule has 1 aliphatic rings. The van der Waals surface area contributed by atoms with E-state index in [4.69, 9.17) is 0 Å². The molecule has 14 heavy (non-hydrogen) atoms. The predicted molar refractivity (Wildman–Crippen MR) is 57.1 cm³/mol. The molecule has 1 fully saturated rings. The van der Waals surface area contributed by atoms with Crippen LogP contribution in [0.4, 0.5) is 5.82 Å². The van der Waals surface area contributed by atoms with Gasteiger partial charge in [0.05, 0.1) is 0 Å². The predicted octanol–water partition coefficient (Wildman–Crippen LogP) is 2.61. The Kier molecular flexibility index (Phi) is 3.33. The van der Waals surface area contributed by atoms with E-state index >= 15 is 0 Å². The summed E-state index contributed by atoms with van der Waals surface area (Å²) in [6, 6.07) is 2.55. The van der Waals surface area contributed by atoms with Gasteiger partial charge < -0.3 is 5.32 Å². The van der Waals surface area contributed by atoms with Crippen LogP contribution in [0.25, 0.3) is 0 Å². The maximum atomic E-state index is 4.18. The van der Waals surface area contributed by atoms with Gasteiger partial charge in [-0.05, 0) is 18.9 Å². The molecule has 3 heteroatoms. The van der Waals surface area contributed by atoms with E-state index in [1.54, 1.807) is 12.5 Å². The van der Waals surface area contributed by atoms with Crippen molar-refractivity contribution in [3.8, 4) is 0 Å². The lowest BCUT2D eigenvalue weighted by molar-refractivity contribution is 0.617. The summed E-state index contributed by atoms with van der Waals surface area (Å²) in [4.78, 5) is 8.09. The number of anilines is 1. The SMILES string of the molecule is c1cc(NC2CCCCCC2)ncn1. The summed E-state index contributed by atoms with van der Waals surface area (Å²) in [5, 5.41) is 3.47. The van der Waals surface area contributed by atoms with E-state index in [9.17, 15) is 0 Å². The molecule has 1 N–H and O–H groups in total. The Labute approximate surface area is 85.0 Å². The van der Waals surface area contributed by atoms with Gasteiger partial charge in [0.25, 0.3) is 0 Å². The van der Waals surface area contributed by atoms with Crippen LogP contribution in [0, 0.1) is 0 Å². The van der Waals surface area contributed by atoms with Crippen molar-refractivity contribution in [1.29, 1.82) is 0 Å². The lowest BCUT2D eigenvalue weighted by atomic mass is 10.1. The van der Waals surface area contributed by atoms with Gasteiger partial charge in [-0.2, -0.15) is 0 Å². The molecule has 0 amide bonds. The minimum Gasteiger partial charge on any atom is -0.367 e. The minimum atomic E-state index is 0.618. The van der Waals surface area contributed by atoms with Gasteiger partial charge in [0, 0.05) is 12.2 Å². The number of rotatable bonds is 2. The average Bonchev–Trinajstić information content (AvgIpc) is 2.48. The Morgan fingerprint density at radius 2 is 1.93 bits per heavy atom. The second kappa shape index (κ2) is 4.94. The highest BCUT2D eigenvalue weighted by Gasteiger charge is 2.11. The van der Waals surface area contributed by atoms with Crippen LogP contribution in [0.5, 0.6) is 0 Å². The number of nitrogens with zero attached hydrogens (tertiary/aromatic N) is 2. The van der Waals surface area contributed by atoms with E-state index in [1.807, 2.05) is 6.07 Å². The molecule has 0 aliphatic heterocycles. The third-order valence-corrected chi connectivity index (χ3v) is 2.79. The van der Waals surface area contributed by atoms with Crippen molar-refractivity contribution in [3.05, 3.63) is 18.6 Å². The fourth-order valence-electron chi connectivity index (χ4n) is 2.01. The van der Waals surface area contributed by atoms with E-state index in [-0.39, 0.29) is 0 Å². The third-order valence-electron chi connectivity index (χ3n) is 2.79. The Hall–Kier alpha value is -1.12. The minimum absolute atomic E-state index is 0.618. The summed E-state index contributed by atoms with van der Waals surface area (Å²) in [5.41, 5.74) is 0. The zero-order valence-electron chi connectivity index (χ0n) is 8.45. The van der Waals surface area contributed by atoms with Gasteiger partial charge in [-0.3, -0.25) is 0 Å². The Balaban J connectivity index is 1.90. The summed E-state index contributed by atoms with van der Waals surface area (Å²) >= 11 is 0. The van der Waals surface area contributed by atoms with Gasteiger partial charge in [-0.15, -0.1) is 0 Å². The van der Waals surface area contributed by atoms with Crippen LogP contribution in [0.3, 0.4) is 0 Å². The Morgan fingerprint density at radius 1 is 1.14 bits per heavy atom.